The molecule has 0 aromatic rings. The van der Waals surface area contributed by atoms with Crippen molar-refractivity contribution < 1.29 is 28.2 Å². The molecular formula is C19H31F2N3O4. The van der Waals surface area contributed by atoms with E-state index in [4.69, 9.17) is 9.47 Å². The van der Waals surface area contributed by atoms with Crippen LogP contribution in [0.15, 0.2) is 0 Å². The third-order valence-electron chi connectivity index (χ3n) is 6.99. The van der Waals surface area contributed by atoms with Gasteiger partial charge in [-0.3, -0.25) is 9.80 Å². The largest absolute Gasteiger partial charge is 0.453 e. The number of hydrogen-bond acceptors (Lipinski definition) is 6. The van der Waals surface area contributed by atoms with E-state index in [1.54, 1.807) is 0 Å². The molecule has 2 bridgehead atoms. The summed E-state index contributed by atoms with van der Waals surface area (Å²) in [6.07, 6.45) is 2.89. The van der Waals surface area contributed by atoms with Crippen LogP contribution in [0.3, 0.4) is 0 Å². The first kappa shape index (κ1) is 20.3. The maximum absolute atomic E-state index is 13.8. The zero-order valence-corrected chi connectivity index (χ0v) is 16.4. The molecule has 0 aromatic heterocycles. The zero-order valence-electron chi connectivity index (χ0n) is 16.4. The molecule has 0 saturated carbocycles. The summed E-state index contributed by atoms with van der Waals surface area (Å²) < 4.78 is 38.2. The van der Waals surface area contributed by atoms with Crippen LogP contribution in [0.5, 0.6) is 0 Å². The monoisotopic (exact) mass is 403 g/mol. The van der Waals surface area contributed by atoms with E-state index in [-0.39, 0.29) is 43.8 Å². The number of alkyl halides is 2. The number of amides is 1. The summed E-state index contributed by atoms with van der Waals surface area (Å²) in [6.45, 7) is 2.38. The third-order valence-corrected chi connectivity index (χ3v) is 6.99. The maximum Gasteiger partial charge on any atom is 0.410 e. The SMILES string of the molecule is COC(=O)N1C2COCC1CC(N1CCC(N3CC(F)(F)C[C@@H]3CO)CC1)C2. The Labute approximate surface area is 164 Å². The van der Waals surface area contributed by atoms with Crippen LogP contribution in [-0.2, 0) is 9.47 Å². The molecule has 28 heavy (non-hydrogen) atoms. The highest BCUT2D eigenvalue weighted by atomic mass is 19.3. The maximum atomic E-state index is 13.8. The van der Waals surface area contributed by atoms with Crippen molar-refractivity contribution in [3.05, 3.63) is 0 Å². The van der Waals surface area contributed by atoms with Gasteiger partial charge in [0.15, 0.2) is 0 Å². The number of nitrogens with zero attached hydrogens (tertiary/aromatic N) is 3. The minimum atomic E-state index is -2.69. The molecule has 4 rings (SSSR count). The van der Waals surface area contributed by atoms with E-state index < -0.39 is 12.0 Å². The molecule has 0 radical (unpaired) electrons. The molecule has 0 aromatic carbocycles. The number of fused-ring (bicyclic) bond motifs is 2. The normalized spacial score (nSPS) is 37.2. The smallest absolute Gasteiger partial charge is 0.410 e. The summed E-state index contributed by atoms with van der Waals surface area (Å²) in [5, 5.41) is 9.50. The molecule has 1 amide bonds. The molecule has 4 heterocycles. The van der Waals surface area contributed by atoms with Crippen LogP contribution in [0.4, 0.5) is 13.6 Å². The molecule has 160 valence electrons. The molecule has 3 atom stereocenters. The minimum Gasteiger partial charge on any atom is -0.453 e. The Morgan fingerprint density at radius 1 is 1.14 bits per heavy atom. The van der Waals surface area contributed by atoms with E-state index in [2.05, 4.69) is 4.90 Å². The summed E-state index contributed by atoms with van der Waals surface area (Å²) >= 11 is 0. The number of aliphatic hydroxyl groups excluding tert-OH is 1. The first-order valence-electron chi connectivity index (χ1n) is 10.3. The van der Waals surface area contributed by atoms with Crippen molar-refractivity contribution in [1.82, 2.24) is 14.7 Å². The number of carbonyl (C=O) groups is 1. The Hall–Kier alpha value is -1.03. The molecule has 0 aliphatic carbocycles. The lowest BCUT2D eigenvalue weighted by atomic mass is 9.88. The number of ether oxygens (including phenoxy) is 2. The molecular weight excluding hydrogens is 372 g/mol. The van der Waals surface area contributed by atoms with Gasteiger partial charge in [0.05, 0.1) is 45.6 Å². The second-order valence-electron chi connectivity index (χ2n) is 8.68. The van der Waals surface area contributed by atoms with Gasteiger partial charge in [-0.15, -0.1) is 0 Å². The fourth-order valence-electron chi connectivity index (χ4n) is 5.69. The molecule has 4 fully saturated rings. The average Bonchev–Trinajstić information content (AvgIpc) is 3.01. The van der Waals surface area contributed by atoms with Crippen LogP contribution < -0.4 is 0 Å². The van der Waals surface area contributed by atoms with Gasteiger partial charge in [0.1, 0.15) is 0 Å². The number of likely N-dealkylation sites (tertiary alicyclic amines) is 2. The Balaban J connectivity index is 1.34. The van der Waals surface area contributed by atoms with Crippen LogP contribution in [0.2, 0.25) is 0 Å². The van der Waals surface area contributed by atoms with Gasteiger partial charge in [0.2, 0.25) is 0 Å². The van der Waals surface area contributed by atoms with E-state index in [9.17, 15) is 18.7 Å². The third kappa shape index (κ3) is 3.86. The number of hydrogen-bond donors (Lipinski definition) is 1. The van der Waals surface area contributed by atoms with Crippen LogP contribution >= 0.6 is 0 Å². The van der Waals surface area contributed by atoms with E-state index in [0.717, 1.165) is 38.8 Å². The van der Waals surface area contributed by atoms with Gasteiger partial charge in [0, 0.05) is 24.5 Å². The standard InChI is InChI=1S/C19H31F2N3O4/c1-27-18(26)24-15-6-14(7-16(24)11-28-10-15)22-4-2-13(3-5-22)23-12-19(20,21)8-17(23)9-25/h13-17,25H,2-12H2,1H3/t14?,15?,16?,17-/m1/s1. The number of rotatable bonds is 3. The second kappa shape index (κ2) is 8.01. The Morgan fingerprint density at radius 3 is 2.36 bits per heavy atom. The molecule has 4 aliphatic rings. The van der Waals surface area contributed by atoms with E-state index in [1.807, 2.05) is 9.80 Å². The molecule has 9 heteroatoms. The predicted octanol–water partition coefficient (Wildman–Crippen LogP) is 1.15. The highest BCUT2D eigenvalue weighted by Gasteiger charge is 2.48. The fourth-order valence-corrected chi connectivity index (χ4v) is 5.69. The molecule has 0 spiro atoms. The lowest BCUT2D eigenvalue weighted by Gasteiger charge is -2.51. The average molecular weight is 403 g/mol. The van der Waals surface area contributed by atoms with E-state index in [1.165, 1.54) is 7.11 Å². The molecule has 2 unspecified atom stereocenters. The van der Waals surface area contributed by atoms with Crippen LogP contribution in [0, 0.1) is 0 Å². The summed E-state index contributed by atoms with van der Waals surface area (Å²) in [6, 6.07) is 0.151. The van der Waals surface area contributed by atoms with Crippen molar-refractivity contribution in [1.29, 1.82) is 0 Å². The number of piperidine rings is 2. The van der Waals surface area contributed by atoms with Gasteiger partial charge < -0.3 is 19.5 Å². The number of methoxy groups -OCH3 is 1. The molecule has 7 nitrogen and oxygen atoms in total. The highest BCUT2D eigenvalue weighted by Crippen LogP contribution is 2.37. The quantitative estimate of drug-likeness (QED) is 0.763. The van der Waals surface area contributed by atoms with Gasteiger partial charge in [-0.2, -0.15) is 0 Å². The summed E-state index contributed by atoms with van der Waals surface area (Å²) in [5.41, 5.74) is 0. The fraction of sp³-hybridized carbons (Fsp3) is 0.947. The molecule has 4 aliphatic heterocycles. The Kier molecular flexibility index (Phi) is 5.79. The van der Waals surface area contributed by atoms with Gasteiger partial charge in [-0.25, -0.2) is 13.6 Å². The van der Waals surface area contributed by atoms with Crippen molar-refractivity contribution >= 4 is 6.09 Å². The first-order chi connectivity index (χ1) is 13.4. The zero-order chi connectivity index (χ0) is 19.9. The van der Waals surface area contributed by atoms with Crippen LogP contribution in [0.25, 0.3) is 0 Å². The van der Waals surface area contributed by atoms with E-state index >= 15 is 0 Å². The predicted molar refractivity (Wildman–Crippen MR) is 97.4 cm³/mol. The number of aliphatic hydroxyl groups is 1. The van der Waals surface area contributed by atoms with Gasteiger partial charge >= 0.3 is 6.09 Å². The van der Waals surface area contributed by atoms with Crippen LogP contribution in [-0.4, -0.2) is 109 Å². The van der Waals surface area contributed by atoms with Gasteiger partial charge in [-0.1, -0.05) is 0 Å². The van der Waals surface area contributed by atoms with Crippen molar-refractivity contribution in [2.45, 2.75) is 68.2 Å². The minimum absolute atomic E-state index is 0.0405. The lowest BCUT2D eigenvalue weighted by Crippen LogP contribution is -2.63. The van der Waals surface area contributed by atoms with Crippen molar-refractivity contribution in [3.8, 4) is 0 Å². The number of morpholine rings is 1. The molecule has 1 N–H and O–H groups in total. The van der Waals surface area contributed by atoms with Crippen molar-refractivity contribution in [2.24, 2.45) is 0 Å². The second-order valence-corrected chi connectivity index (χ2v) is 8.68. The Morgan fingerprint density at radius 2 is 1.79 bits per heavy atom. The first-order valence-corrected chi connectivity index (χ1v) is 10.3. The number of halogens is 2. The van der Waals surface area contributed by atoms with Crippen molar-refractivity contribution in [3.63, 3.8) is 0 Å². The van der Waals surface area contributed by atoms with Gasteiger partial charge in [-0.05, 0) is 38.8 Å². The van der Waals surface area contributed by atoms with E-state index in [0.29, 0.717) is 19.3 Å². The summed E-state index contributed by atoms with van der Waals surface area (Å²) in [5.74, 6) is -2.69. The number of carbonyl (C=O) groups excluding carboxylic acids is 1. The van der Waals surface area contributed by atoms with Crippen molar-refractivity contribution in [2.75, 3.05) is 46.6 Å². The van der Waals surface area contributed by atoms with Crippen LogP contribution in [0.1, 0.15) is 32.1 Å². The van der Waals surface area contributed by atoms with Gasteiger partial charge in [0.25, 0.3) is 5.92 Å². The summed E-state index contributed by atoms with van der Waals surface area (Å²) in [4.78, 5) is 18.2. The highest BCUT2D eigenvalue weighted by molar-refractivity contribution is 5.68. The molecule has 4 saturated heterocycles. The topological polar surface area (TPSA) is 65.5 Å². The lowest BCUT2D eigenvalue weighted by molar-refractivity contribution is -0.0871. The summed E-state index contributed by atoms with van der Waals surface area (Å²) in [7, 11) is 1.41. The Bertz CT molecular complexity index is 559.